The van der Waals surface area contributed by atoms with Gasteiger partial charge < -0.3 is 4.52 Å². The zero-order valence-electron chi connectivity index (χ0n) is 12.9. The predicted octanol–water partition coefficient (Wildman–Crippen LogP) is 2.02. The first-order valence-electron chi connectivity index (χ1n) is 7.91. The van der Waals surface area contributed by atoms with Crippen LogP contribution >= 0.6 is 11.3 Å². The largest absolute Gasteiger partial charge is 0.338 e. The number of anilines is 1. The molecule has 0 spiro atoms. The molecule has 0 radical (unpaired) electrons. The summed E-state index contributed by atoms with van der Waals surface area (Å²) >= 11 is 1.16. The fourth-order valence-corrected chi connectivity index (χ4v) is 6.11. The van der Waals surface area contributed by atoms with Gasteiger partial charge in [0.2, 0.25) is 11.8 Å². The summed E-state index contributed by atoms with van der Waals surface area (Å²) in [6.45, 7) is 0.354. The summed E-state index contributed by atoms with van der Waals surface area (Å²) in [5.41, 5.74) is 1.83. The molecule has 2 aromatic heterocycles. The highest BCUT2D eigenvalue weighted by Crippen LogP contribution is 2.31. The lowest BCUT2D eigenvalue weighted by Gasteiger charge is -2.22. The zero-order chi connectivity index (χ0) is 16.7. The van der Waals surface area contributed by atoms with Crippen molar-refractivity contribution < 1.29 is 17.7 Å². The third kappa shape index (κ3) is 2.56. The van der Waals surface area contributed by atoms with E-state index in [9.17, 15) is 13.2 Å². The summed E-state index contributed by atoms with van der Waals surface area (Å²) in [5.74, 6) is 0.0198. The second-order valence-electron chi connectivity index (χ2n) is 5.99. The van der Waals surface area contributed by atoms with Crippen molar-refractivity contribution in [3.05, 3.63) is 28.8 Å². The summed E-state index contributed by atoms with van der Waals surface area (Å²) in [6, 6.07) is 2.55. The topological polar surface area (TPSA) is 92.5 Å². The molecule has 128 valence electrons. The molecular formula is C15H17N3O4S2. The summed E-state index contributed by atoms with van der Waals surface area (Å²) < 4.78 is 32.2. The van der Waals surface area contributed by atoms with Crippen LogP contribution in [0.2, 0.25) is 0 Å². The molecule has 1 aliphatic carbocycles. The minimum atomic E-state index is -3.64. The molecule has 2 aromatic rings. The molecule has 9 heteroatoms. The molecule has 1 amide bonds. The van der Waals surface area contributed by atoms with Crippen molar-refractivity contribution in [1.82, 2.24) is 9.46 Å². The summed E-state index contributed by atoms with van der Waals surface area (Å²) in [4.78, 5) is 12.6. The lowest BCUT2D eigenvalue weighted by atomic mass is 10.2. The van der Waals surface area contributed by atoms with Crippen LogP contribution < -0.4 is 5.32 Å². The van der Waals surface area contributed by atoms with Crippen LogP contribution in [0.15, 0.2) is 26.2 Å². The number of amides is 1. The standard InChI is InChI=1S/C15H17N3O4S2/c19-14(16-15-10-4-1-5-11(10)17-22-15)12-6-2-8-18(12)24(20,21)13-7-3-9-23-13/h3,7,9,12H,1-2,4-6,8H2,(H,16,19). The van der Waals surface area contributed by atoms with E-state index in [0.717, 1.165) is 41.9 Å². The maximum absolute atomic E-state index is 12.7. The van der Waals surface area contributed by atoms with Gasteiger partial charge in [-0.15, -0.1) is 11.3 Å². The first-order valence-corrected chi connectivity index (χ1v) is 10.2. The fraction of sp³-hybridized carbons (Fsp3) is 0.467. The number of hydrogen-bond acceptors (Lipinski definition) is 6. The van der Waals surface area contributed by atoms with Crippen LogP contribution in [0.3, 0.4) is 0 Å². The third-order valence-corrected chi connectivity index (χ3v) is 7.79. The van der Waals surface area contributed by atoms with Crippen molar-refractivity contribution in [2.45, 2.75) is 42.4 Å². The minimum absolute atomic E-state index is 0.266. The van der Waals surface area contributed by atoms with Gasteiger partial charge in [-0.1, -0.05) is 11.2 Å². The van der Waals surface area contributed by atoms with Gasteiger partial charge in [-0.05, 0) is 43.6 Å². The minimum Gasteiger partial charge on any atom is -0.338 e. The number of hydrogen-bond donors (Lipinski definition) is 1. The molecule has 1 saturated heterocycles. The Morgan fingerprint density at radius 3 is 3.04 bits per heavy atom. The average molecular weight is 367 g/mol. The monoisotopic (exact) mass is 367 g/mol. The summed E-state index contributed by atoms with van der Waals surface area (Å²) in [5, 5.41) is 8.42. The summed E-state index contributed by atoms with van der Waals surface area (Å²) in [6.07, 6.45) is 3.86. The molecule has 2 aliphatic rings. The number of nitrogens with zero attached hydrogens (tertiary/aromatic N) is 2. The molecule has 7 nitrogen and oxygen atoms in total. The van der Waals surface area contributed by atoms with Crippen LogP contribution in [0, 0.1) is 0 Å². The van der Waals surface area contributed by atoms with Crippen LogP contribution in [0.5, 0.6) is 0 Å². The predicted molar refractivity (Wildman–Crippen MR) is 88.4 cm³/mol. The highest BCUT2D eigenvalue weighted by Gasteiger charge is 2.40. The van der Waals surface area contributed by atoms with E-state index >= 15 is 0 Å². The molecular weight excluding hydrogens is 350 g/mol. The smallest absolute Gasteiger partial charge is 0.253 e. The van der Waals surface area contributed by atoms with E-state index in [1.54, 1.807) is 17.5 Å². The molecule has 1 unspecified atom stereocenters. The Balaban J connectivity index is 1.55. The first kappa shape index (κ1) is 15.8. The van der Waals surface area contributed by atoms with Crippen LogP contribution in [0.4, 0.5) is 5.88 Å². The average Bonchev–Trinajstić information content (AvgIpc) is 3.33. The van der Waals surface area contributed by atoms with Gasteiger partial charge >= 0.3 is 0 Å². The SMILES string of the molecule is O=C(Nc1onc2c1CCC2)C1CCCN1S(=O)(=O)c1cccs1. The molecule has 1 aliphatic heterocycles. The number of rotatable bonds is 4. The Hall–Kier alpha value is -1.71. The van der Waals surface area contributed by atoms with E-state index in [2.05, 4.69) is 10.5 Å². The quantitative estimate of drug-likeness (QED) is 0.892. The van der Waals surface area contributed by atoms with Crippen molar-refractivity contribution in [2.24, 2.45) is 0 Å². The Kier molecular flexibility index (Phi) is 3.93. The number of aromatic nitrogens is 1. The second-order valence-corrected chi connectivity index (χ2v) is 9.05. The van der Waals surface area contributed by atoms with Gasteiger partial charge in [0, 0.05) is 12.1 Å². The molecule has 0 aromatic carbocycles. The highest BCUT2D eigenvalue weighted by molar-refractivity contribution is 7.91. The van der Waals surface area contributed by atoms with Crippen LogP contribution in [0.25, 0.3) is 0 Å². The zero-order valence-corrected chi connectivity index (χ0v) is 14.5. The van der Waals surface area contributed by atoms with E-state index in [1.165, 1.54) is 4.31 Å². The number of fused-ring (bicyclic) bond motifs is 1. The third-order valence-electron chi connectivity index (χ3n) is 4.51. The number of nitrogens with one attached hydrogen (secondary N) is 1. The molecule has 1 fully saturated rings. The van der Waals surface area contributed by atoms with Crippen LogP contribution in [-0.4, -0.2) is 36.4 Å². The fourth-order valence-electron chi connectivity index (χ4n) is 3.34. The Morgan fingerprint density at radius 1 is 1.38 bits per heavy atom. The molecule has 1 atom stereocenters. The van der Waals surface area contributed by atoms with Crippen LogP contribution in [-0.2, 0) is 27.7 Å². The van der Waals surface area contributed by atoms with E-state index in [0.29, 0.717) is 25.3 Å². The Morgan fingerprint density at radius 2 is 2.25 bits per heavy atom. The number of thiophene rings is 1. The van der Waals surface area contributed by atoms with Gasteiger partial charge in [0.25, 0.3) is 10.0 Å². The van der Waals surface area contributed by atoms with Gasteiger partial charge in [-0.2, -0.15) is 4.31 Å². The van der Waals surface area contributed by atoms with Crippen LogP contribution in [0.1, 0.15) is 30.5 Å². The normalized spacial score (nSPS) is 21.1. The molecule has 0 saturated carbocycles. The molecule has 0 bridgehead atoms. The van der Waals surface area contributed by atoms with Gasteiger partial charge in [-0.25, -0.2) is 8.42 Å². The number of carbonyl (C=O) groups is 1. The van der Waals surface area contributed by atoms with Gasteiger partial charge in [0.1, 0.15) is 10.3 Å². The van der Waals surface area contributed by atoms with Gasteiger partial charge in [-0.3, -0.25) is 10.1 Å². The molecule has 4 rings (SSSR count). The molecule has 1 N–H and O–H groups in total. The lowest BCUT2D eigenvalue weighted by Crippen LogP contribution is -2.42. The Bertz CT molecular complexity index is 857. The Labute approximate surface area is 143 Å². The number of sulfonamides is 1. The van der Waals surface area contributed by atoms with Crippen molar-refractivity contribution in [1.29, 1.82) is 0 Å². The lowest BCUT2D eigenvalue weighted by molar-refractivity contribution is -0.119. The van der Waals surface area contributed by atoms with E-state index in [1.807, 2.05) is 0 Å². The van der Waals surface area contributed by atoms with E-state index < -0.39 is 16.1 Å². The number of carbonyl (C=O) groups excluding carboxylic acids is 1. The molecule has 3 heterocycles. The van der Waals surface area contributed by atoms with Crippen molar-refractivity contribution >= 4 is 33.2 Å². The number of aryl methyl sites for hydroxylation is 1. The van der Waals surface area contributed by atoms with Crippen molar-refractivity contribution in [3.63, 3.8) is 0 Å². The maximum Gasteiger partial charge on any atom is 0.253 e. The molecule has 24 heavy (non-hydrogen) atoms. The second kappa shape index (κ2) is 5.98. The van der Waals surface area contributed by atoms with Gasteiger partial charge in [0.15, 0.2) is 0 Å². The van der Waals surface area contributed by atoms with Crippen molar-refractivity contribution in [3.8, 4) is 0 Å². The van der Waals surface area contributed by atoms with E-state index in [-0.39, 0.29) is 10.1 Å². The van der Waals surface area contributed by atoms with Gasteiger partial charge in [0.05, 0.1) is 5.69 Å². The van der Waals surface area contributed by atoms with E-state index in [4.69, 9.17) is 4.52 Å². The van der Waals surface area contributed by atoms with Crippen molar-refractivity contribution in [2.75, 3.05) is 11.9 Å². The summed E-state index contributed by atoms with van der Waals surface area (Å²) in [7, 11) is -3.64. The maximum atomic E-state index is 12.7. The first-order chi connectivity index (χ1) is 11.6. The highest BCUT2D eigenvalue weighted by atomic mass is 32.2.